The number of allylic oxidation sites excluding steroid dienone is 1. The molecule has 0 radical (unpaired) electrons. The van der Waals surface area contributed by atoms with Crippen molar-refractivity contribution in [3.8, 4) is 11.5 Å². The predicted octanol–water partition coefficient (Wildman–Crippen LogP) is 6.91. The Balaban J connectivity index is 1.46. The first-order valence-corrected chi connectivity index (χ1v) is 20.4. The van der Waals surface area contributed by atoms with Crippen LogP contribution < -0.4 is 20.9 Å². The third kappa shape index (κ3) is 6.20. The van der Waals surface area contributed by atoms with Crippen LogP contribution >= 0.6 is 0 Å². The molecule has 5 aromatic rings. The molecule has 3 aliphatic rings. The number of hydrogen-bond acceptors (Lipinski definition) is 10. The topological polar surface area (TPSA) is 174 Å². The van der Waals surface area contributed by atoms with Gasteiger partial charge in [0.05, 0.1) is 49.2 Å². The van der Waals surface area contributed by atoms with Crippen LogP contribution in [-0.4, -0.2) is 57.2 Å². The van der Waals surface area contributed by atoms with E-state index in [0.29, 0.717) is 102 Å². The minimum Gasteiger partial charge on any atom is -0.507 e. The molecule has 5 aromatic carbocycles. The highest BCUT2D eigenvalue weighted by Gasteiger charge is 2.37. The molecule has 0 spiro atoms. The highest BCUT2D eigenvalue weighted by atomic mass is 16.5. The van der Waals surface area contributed by atoms with E-state index in [4.69, 9.17) is 4.74 Å². The van der Waals surface area contributed by atoms with Crippen molar-refractivity contribution in [2.75, 3.05) is 19.0 Å². The summed E-state index contributed by atoms with van der Waals surface area (Å²) in [6.45, 7) is 2.98. The molecule has 0 amide bonds. The quantitative estimate of drug-likeness (QED) is 0.0579. The number of ketones is 1. The first kappa shape index (κ1) is 38.5. The summed E-state index contributed by atoms with van der Waals surface area (Å²) in [4.78, 5) is 43.0. The van der Waals surface area contributed by atoms with E-state index >= 15 is 0 Å². The lowest BCUT2D eigenvalue weighted by Gasteiger charge is -2.27. The average Bonchev–Trinajstić information content (AvgIpc) is 3.31. The SMILES string of the molecule is COc1c2c3c4c(c(CCCC5CCC(O)CC5)c(O)c5c(=O)cc(CO)c(c6c(CO)cc(NCCC7CCC(O)CC7)c(c1=O)c63)c54)C=C(C)C2C(C)=O. The van der Waals surface area contributed by atoms with Crippen LogP contribution in [0, 0.1) is 11.8 Å². The first-order valence-electron chi connectivity index (χ1n) is 20.4. The standard InChI is InChI=1S/C46H53NO9/c1-22-17-31-30(6-4-5-24-7-11-28(51)12-8-24)44(54)39-33(53)19-27(21-49)36-35-26(20-48)18-32(47-16-15-25-9-13-29(52)14-10-25)38-41(35)42(37(31)40(36)39)43(34(22)23(2)50)46(56-3)45(38)55/h17-19,24-25,28-29,34,47-49,51-52,54H,4-16,20-21H2,1-3H3. The lowest BCUT2D eigenvalue weighted by Crippen LogP contribution is -2.21. The minimum atomic E-state index is -0.874. The number of hydrogen-bond donors (Lipinski definition) is 6. The summed E-state index contributed by atoms with van der Waals surface area (Å²) in [5, 5.41) is 61.4. The van der Waals surface area contributed by atoms with Crippen molar-refractivity contribution in [2.45, 2.75) is 122 Å². The van der Waals surface area contributed by atoms with Gasteiger partial charge in [-0.25, -0.2) is 0 Å². The average molecular weight is 764 g/mol. The number of phenolic OH excluding ortho intramolecular Hbond substituents is 1. The summed E-state index contributed by atoms with van der Waals surface area (Å²) in [7, 11) is 1.43. The van der Waals surface area contributed by atoms with Gasteiger partial charge in [-0.05, 0) is 147 Å². The Morgan fingerprint density at radius 3 is 1.96 bits per heavy atom. The van der Waals surface area contributed by atoms with Crippen molar-refractivity contribution in [3.05, 3.63) is 66.0 Å². The van der Waals surface area contributed by atoms with E-state index in [2.05, 4.69) is 5.32 Å². The number of anilines is 1. The molecule has 1 unspecified atom stereocenters. The summed E-state index contributed by atoms with van der Waals surface area (Å²) in [6, 6.07) is 3.12. The van der Waals surface area contributed by atoms with Crippen LogP contribution in [0.5, 0.6) is 11.5 Å². The maximum Gasteiger partial charge on any atom is 0.230 e. The molecule has 296 valence electrons. The summed E-state index contributed by atoms with van der Waals surface area (Å²) >= 11 is 0. The zero-order valence-electron chi connectivity index (χ0n) is 32.6. The maximum absolute atomic E-state index is 15.0. The van der Waals surface area contributed by atoms with E-state index in [9.17, 15) is 39.9 Å². The van der Waals surface area contributed by atoms with Crippen LogP contribution in [0.4, 0.5) is 5.69 Å². The minimum absolute atomic E-state index is 0.0340. The molecule has 56 heavy (non-hydrogen) atoms. The number of rotatable bonds is 12. The Morgan fingerprint density at radius 1 is 0.786 bits per heavy atom. The number of ether oxygens (including phenoxy) is 1. The van der Waals surface area contributed by atoms with Crippen molar-refractivity contribution >= 4 is 60.6 Å². The number of nitrogens with one attached hydrogen (secondary N) is 1. The normalized spacial score (nSPS) is 22.7. The van der Waals surface area contributed by atoms with E-state index in [1.54, 1.807) is 6.07 Å². The number of carbonyl (C=O) groups excluding carboxylic acids is 1. The predicted molar refractivity (Wildman–Crippen MR) is 220 cm³/mol. The zero-order chi connectivity index (χ0) is 39.6. The summed E-state index contributed by atoms with van der Waals surface area (Å²) in [6.07, 6.45) is 11.1. The second kappa shape index (κ2) is 15.2. The van der Waals surface area contributed by atoms with Crippen molar-refractivity contribution < 1.29 is 35.1 Å². The van der Waals surface area contributed by atoms with Gasteiger partial charge in [-0.15, -0.1) is 0 Å². The highest BCUT2D eigenvalue weighted by Crippen LogP contribution is 2.54. The third-order valence-corrected chi connectivity index (χ3v) is 13.5. The van der Waals surface area contributed by atoms with Gasteiger partial charge in [0.1, 0.15) is 11.5 Å². The van der Waals surface area contributed by atoms with Gasteiger partial charge in [0, 0.05) is 34.1 Å². The molecule has 0 aromatic heterocycles. The van der Waals surface area contributed by atoms with Gasteiger partial charge in [0.25, 0.3) is 0 Å². The molecule has 0 saturated heterocycles. The van der Waals surface area contributed by atoms with E-state index in [1.165, 1.54) is 20.1 Å². The van der Waals surface area contributed by atoms with Crippen LogP contribution in [0.1, 0.15) is 118 Å². The molecule has 2 saturated carbocycles. The number of aliphatic hydroxyl groups excluding tert-OH is 4. The molecule has 1 atom stereocenters. The van der Waals surface area contributed by atoms with Gasteiger partial charge in [0.2, 0.25) is 5.43 Å². The number of aliphatic hydroxyl groups is 4. The third-order valence-electron chi connectivity index (χ3n) is 13.5. The van der Waals surface area contributed by atoms with Gasteiger partial charge in [0.15, 0.2) is 11.2 Å². The fourth-order valence-corrected chi connectivity index (χ4v) is 10.7. The van der Waals surface area contributed by atoms with Gasteiger partial charge in [-0.2, -0.15) is 0 Å². The lowest BCUT2D eigenvalue weighted by atomic mass is 9.78. The number of carbonyl (C=O) groups is 1. The fourth-order valence-electron chi connectivity index (χ4n) is 10.7. The smallest absolute Gasteiger partial charge is 0.230 e. The largest absolute Gasteiger partial charge is 0.507 e. The van der Waals surface area contributed by atoms with E-state index < -0.39 is 30.0 Å². The molecule has 2 fully saturated rings. The number of fused-ring (bicyclic) bond motifs is 1. The molecule has 8 rings (SSSR count). The molecule has 10 heteroatoms. The number of methoxy groups -OCH3 is 1. The van der Waals surface area contributed by atoms with Crippen molar-refractivity contribution in [1.82, 2.24) is 0 Å². The Hall–Kier alpha value is -4.35. The van der Waals surface area contributed by atoms with Gasteiger partial charge in [-0.1, -0.05) is 18.1 Å². The number of benzene rings is 5. The monoisotopic (exact) mass is 763 g/mol. The number of aromatic hydroxyl groups is 1. The van der Waals surface area contributed by atoms with Crippen LogP contribution in [0.15, 0.2) is 27.3 Å². The second-order valence-electron chi connectivity index (χ2n) is 16.8. The van der Waals surface area contributed by atoms with E-state index in [0.717, 1.165) is 70.6 Å². The van der Waals surface area contributed by atoms with Crippen molar-refractivity contribution in [1.29, 1.82) is 0 Å². The van der Waals surface area contributed by atoms with Gasteiger partial charge >= 0.3 is 0 Å². The van der Waals surface area contributed by atoms with Crippen LogP contribution in [0.25, 0.3) is 49.2 Å². The maximum atomic E-state index is 15.0. The summed E-state index contributed by atoms with van der Waals surface area (Å²) in [5.74, 6) is -0.297. The molecule has 6 N–H and O–H groups in total. The van der Waals surface area contributed by atoms with Gasteiger partial charge < -0.3 is 35.6 Å². The molecule has 10 nitrogen and oxygen atoms in total. The first-order chi connectivity index (χ1) is 27.0. The zero-order valence-corrected chi connectivity index (χ0v) is 32.6. The molecular weight excluding hydrogens is 711 g/mol. The summed E-state index contributed by atoms with van der Waals surface area (Å²) < 4.78 is 6.00. The van der Waals surface area contributed by atoms with Crippen LogP contribution in [0.3, 0.4) is 0 Å². The molecular formula is C46H53NO9. The number of phenols is 1. The molecule has 0 bridgehead atoms. The summed E-state index contributed by atoms with van der Waals surface area (Å²) in [5.41, 5.74) is 2.79. The van der Waals surface area contributed by atoms with E-state index in [-0.39, 0.29) is 34.9 Å². The fraction of sp³-hybridized carbons (Fsp3) is 0.500. The lowest BCUT2D eigenvalue weighted by molar-refractivity contribution is -0.117. The Bertz CT molecular complexity index is 2490. The second-order valence-corrected chi connectivity index (χ2v) is 16.8. The highest BCUT2D eigenvalue weighted by molar-refractivity contribution is 6.39. The van der Waals surface area contributed by atoms with Crippen LogP contribution in [-0.2, 0) is 24.4 Å². The molecule has 3 aliphatic carbocycles. The van der Waals surface area contributed by atoms with Crippen molar-refractivity contribution in [3.63, 3.8) is 0 Å². The molecule has 0 heterocycles. The molecule has 0 aliphatic heterocycles. The van der Waals surface area contributed by atoms with Crippen LogP contribution in [0.2, 0.25) is 0 Å². The number of Topliss-reactive ketones (excluding diaryl/α,β-unsaturated/α-hetero) is 1. The van der Waals surface area contributed by atoms with E-state index in [1.807, 2.05) is 13.0 Å². The van der Waals surface area contributed by atoms with Gasteiger partial charge in [-0.3, -0.25) is 14.4 Å². The Morgan fingerprint density at radius 2 is 1.38 bits per heavy atom. The van der Waals surface area contributed by atoms with Crippen molar-refractivity contribution in [2.24, 2.45) is 11.8 Å². The Labute approximate surface area is 325 Å². The Kier molecular flexibility index (Phi) is 10.5.